The molecule has 12 nitrogen and oxygen atoms in total. The number of hydrogen-bond donors (Lipinski definition) is 2. The zero-order chi connectivity index (χ0) is 20.9. The SMILES string of the molecule is COc1ccccc1/C=N/NC(=O)c1nnn(-c2nonc2N)c1CN1CCCC1. The van der Waals surface area contributed by atoms with Gasteiger partial charge in [-0.25, -0.2) is 10.1 Å². The molecule has 0 aliphatic carbocycles. The molecule has 1 saturated heterocycles. The number of nitrogens with zero attached hydrogens (tertiary/aromatic N) is 7. The van der Waals surface area contributed by atoms with Gasteiger partial charge in [0, 0.05) is 12.1 Å². The summed E-state index contributed by atoms with van der Waals surface area (Å²) in [6.45, 7) is 2.30. The first kappa shape index (κ1) is 19.5. The Morgan fingerprint density at radius 2 is 2.13 bits per heavy atom. The monoisotopic (exact) mass is 411 g/mol. The topological polar surface area (TPSA) is 150 Å². The van der Waals surface area contributed by atoms with Gasteiger partial charge in [-0.1, -0.05) is 17.3 Å². The molecule has 0 radical (unpaired) electrons. The molecule has 4 rings (SSSR count). The molecule has 3 heterocycles. The van der Waals surface area contributed by atoms with Crippen LogP contribution in [0.15, 0.2) is 34.0 Å². The van der Waals surface area contributed by atoms with Crippen LogP contribution in [-0.4, -0.2) is 62.5 Å². The molecular weight excluding hydrogens is 390 g/mol. The van der Waals surface area contributed by atoms with E-state index < -0.39 is 5.91 Å². The molecule has 0 bridgehead atoms. The molecule has 1 aliphatic rings. The fourth-order valence-electron chi connectivity index (χ4n) is 3.27. The quantitative estimate of drug-likeness (QED) is 0.421. The molecule has 1 aliphatic heterocycles. The van der Waals surface area contributed by atoms with Crippen molar-refractivity contribution in [1.82, 2.24) is 35.6 Å². The highest BCUT2D eigenvalue weighted by Crippen LogP contribution is 2.20. The minimum absolute atomic E-state index is 0.0590. The van der Waals surface area contributed by atoms with E-state index in [0.717, 1.165) is 31.5 Å². The fraction of sp³-hybridized carbons (Fsp3) is 0.333. The Balaban J connectivity index is 1.58. The summed E-state index contributed by atoms with van der Waals surface area (Å²) >= 11 is 0. The molecule has 2 aromatic heterocycles. The normalized spacial score (nSPS) is 14.4. The molecule has 0 unspecified atom stereocenters. The molecule has 156 valence electrons. The van der Waals surface area contributed by atoms with E-state index in [4.69, 9.17) is 10.5 Å². The largest absolute Gasteiger partial charge is 0.496 e. The number of likely N-dealkylation sites (tertiary alicyclic amines) is 1. The van der Waals surface area contributed by atoms with E-state index in [0.29, 0.717) is 18.0 Å². The maximum absolute atomic E-state index is 12.8. The first-order chi connectivity index (χ1) is 14.7. The predicted octanol–water partition coefficient (Wildman–Crippen LogP) is 0.601. The van der Waals surface area contributed by atoms with Crippen LogP contribution < -0.4 is 15.9 Å². The van der Waals surface area contributed by atoms with Crippen LogP contribution in [0.3, 0.4) is 0 Å². The lowest BCUT2D eigenvalue weighted by Gasteiger charge is -2.15. The summed E-state index contributed by atoms with van der Waals surface area (Å²) in [6.07, 6.45) is 3.70. The highest BCUT2D eigenvalue weighted by atomic mass is 16.6. The van der Waals surface area contributed by atoms with Crippen molar-refractivity contribution in [2.45, 2.75) is 19.4 Å². The van der Waals surface area contributed by atoms with Gasteiger partial charge >= 0.3 is 0 Å². The van der Waals surface area contributed by atoms with Gasteiger partial charge in [-0.3, -0.25) is 9.69 Å². The van der Waals surface area contributed by atoms with Crippen LogP contribution in [0.4, 0.5) is 5.82 Å². The van der Waals surface area contributed by atoms with Crippen LogP contribution in [0, 0.1) is 0 Å². The number of hydrogen-bond acceptors (Lipinski definition) is 10. The van der Waals surface area contributed by atoms with Gasteiger partial charge in [0.25, 0.3) is 5.91 Å². The van der Waals surface area contributed by atoms with Gasteiger partial charge in [0.1, 0.15) is 5.75 Å². The third-order valence-electron chi connectivity index (χ3n) is 4.76. The number of benzene rings is 1. The number of ether oxygens (including phenoxy) is 1. The van der Waals surface area contributed by atoms with Gasteiger partial charge in [-0.05, 0) is 48.4 Å². The van der Waals surface area contributed by atoms with Crippen molar-refractivity contribution in [1.29, 1.82) is 0 Å². The summed E-state index contributed by atoms with van der Waals surface area (Å²) in [6, 6.07) is 7.33. The van der Waals surface area contributed by atoms with Crippen LogP contribution in [0.1, 0.15) is 34.6 Å². The summed E-state index contributed by atoms with van der Waals surface area (Å²) in [5.41, 5.74) is 9.67. The average Bonchev–Trinajstić information content (AvgIpc) is 3.50. The standard InChI is InChI=1S/C18H21N9O3/c1-29-14-7-3-2-6-12(14)10-20-22-18(28)15-13(11-26-8-4-5-9-26)27(25-21-15)17-16(19)23-30-24-17/h2-3,6-7,10H,4-5,8-9,11H2,1H3,(H2,19,23)(H,22,28)/b20-10+. The molecule has 1 fully saturated rings. The van der Waals surface area contributed by atoms with Gasteiger partial charge in [-0.15, -0.1) is 5.10 Å². The van der Waals surface area contributed by atoms with Crippen molar-refractivity contribution < 1.29 is 14.2 Å². The highest BCUT2D eigenvalue weighted by Gasteiger charge is 2.26. The molecule has 3 aromatic rings. The molecule has 1 amide bonds. The van der Waals surface area contributed by atoms with Gasteiger partial charge in [0.05, 0.1) is 19.0 Å². The number of methoxy groups -OCH3 is 1. The minimum atomic E-state index is -0.503. The van der Waals surface area contributed by atoms with Crippen molar-refractivity contribution in [2.75, 3.05) is 25.9 Å². The van der Waals surface area contributed by atoms with Gasteiger partial charge in [0.2, 0.25) is 11.6 Å². The zero-order valence-electron chi connectivity index (χ0n) is 16.4. The Kier molecular flexibility index (Phi) is 5.66. The second-order valence-corrected chi connectivity index (χ2v) is 6.69. The van der Waals surface area contributed by atoms with E-state index >= 15 is 0 Å². The number of para-hydroxylation sites is 1. The summed E-state index contributed by atoms with van der Waals surface area (Å²) in [4.78, 5) is 15.0. The second-order valence-electron chi connectivity index (χ2n) is 6.69. The first-order valence-corrected chi connectivity index (χ1v) is 9.39. The minimum Gasteiger partial charge on any atom is -0.496 e. The number of nitrogens with one attached hydrogen (secondary N) is 1. The van der Waals surface area contributed by atoms with Crippen LogP contribution in [-0.2, 0) is 6.54 Å². The number of anilines is 1. The van der Waals surface area contributed by atoms with Crippen molar-refractivity contribution in [3.63, 3.8) is 0 Å². The number of amides is 1. The number of carbonyl (C=O) groups excluding carboxylic acids is 1. The smallest absolute Gasteiger partial charge is 0.293 e. The Hall–Kier alpha value is -3.80. The highest BCUT2D eigenvalue weighted by molar-refractivity contribution is 5.94. The Labute approximate surface area is 171 Å². The van der Waals surface area contributed by atoms with E-state index in [1.165, 1.54) is 10.9 Å². The van der Waals surface area contributed by atoms with E-state index in [1.807, 2.05) is 18.2 Å². The fourth-order valence-corrected chi connectivity index (χ4v) is 3.27. The van der Waals surface area contributed by atoms with Gasteiger partial charge < -0.3 is 10.5 Å². The molecule has 3 N–H and O–H groups in total. The third kappa shape index (κ3) is 3.98. The van der Waals surface area contributed by atoms with E-state index in [2.05, 4.69) is 40.7 Å². The maximum atomic E-state index is 12.8. The third-order valence-corrected chi connectivity index (χ3v) is 4.76. The van der Waals surface area contributed by atoms with E-state index in [1.54, 1.807) is 13.2 Å². The molecule has 0 atom stereocenters. The van der Waals surface area contributed by atoms with Crippen molar-refractivity contribution in [3.05, 3.63) is 41.2 Å². The van der Waals surface area contributed by atoms with Crippen LogP contribution in [0.25, 0.3) is 5.82 Å². The summed E-state index contributed by atoms with van der Waals surface area (Å²) < 4.78 is 11.3. The van der Waals surface area contributed by atoms with Crippen LogP contribution >= 0.6 is 0 Å². The van der Waals surface area contributed by atoms with E-state index in [9.17, 15) is 4.79 Å². The van der Waals surface area contributed by atoms with Crippen LogP contribution in [0.5, 0.6) is 5.75 Å². The molecule has 0 spiro atoms. The molecule has 1 aromatic carbocycles. The number of nitrogen functional groups attached to an aromatic ring is 1. The lowest BCUT2D eigenvalue weighted by Crippen LogP contribution is -2.25. The van der Waals surface area contributed by atoms with Crippen molar-refractivity contribution in [2.24, 2.45) is 5.10 Å². The van der Waals surface area contributed by atoms with Crippen LogP contribution in [0.2, 0.25) is 0 Å². The summed E-state index contributed by atoms with van der Waals surface area (Å²) in [5.74, 6) is 0.388. The number of aromatic nitrogens is 5. The molecule has 12 heteroatoms. The molecule has 0 saturated carbocycles. The first-order valence-electron chi connectivity index (χ1n) is 9.39. The average molecular weight is 411 g/mol. The number of rotatable bonds is 7. The number of hydrazone groups is 1. The Bertz CT molecular complexity index is 1050. The number of nitrogens with two attached hydrogens (primary N) is 1. The summed E-state index contributed by atoms with van der Waals surface area (Å²) in [7, 11) is 1.57. The van der Waals surface area contributed by atoms with Gasteiger partial charge in [-0.2, -0.15) is 9.78 Å². The Morgan fingerprint density at radius 1 is 1.33 bits per heavy atom. The lowest BCUT2D eigenvalue weighted by molar-refractivity contribution is 0.0948. The summed E-state index contributed by atoms with van der Waals surface area (Å²) in [5, 5.41) is 19.4. The predicted molar refractivity (Wildman–Crippen MR) is 106 cm³/mol. The Morgan fingerprint density at radius 3 is 2.87 bits per heavy atom. The zero-order valence-corrected chi connectivity index (χ0v) is 16.4. The lowest BCUT2D eigenvalue weighted by atomic mass is 10.2. The number of carbonyl (C=O) groups is 1. The second kappa shape index (κ2) is 8.69. The van der Waals surface area contributed by atoms with Crippen molar-refractivity contribution >= 4 is 17.9 Å². The van der Waals surface area contributed by atoms with E-state index in [-0.39, 0.29) is 17.3 Å². The van der Waals surface area contributed by atoms with Gasteiger partial charge in [0.15, 0.2) is 5.69 Å². The van der Waals surface area contributed by atoms with Crippen molar-refractivity contribution in [3.8, 4) is 11.6 Å². The maximum Gasteiger partial charge on any atom is 0.293 e. The molecule has 30 heavy (non-hydrogen) atoms. The molecular formula is C18H21N9O3.